The molecule has 0 radical (unpaired) electrons. The normalized spacial score (nSPS) is 14.7. The van der Waals surface area contributed by atoms with Gasteiger partial charge in [-0.3, -0.25) is 37.3 Å². The van der Waals surface area contributed by atoms with Crippen LogP contribution in [0.1, 0.15) is 310 Å². The quantitative estimate of drug-likeness (QED) is 0.0169. The molecule has 0 bridgehead atoms. The Morgan fingerprint density at radius 3 is 0.792 bits per heavy atom. The zero-order valence-corrected chi connectivity index (χ0v) is 67.8. The molecule has 604 valence electrons. The summed E-state index contributed by atoms with van der Waals surface area (Å²) in [6.07, 6.45) is 90.7. The molecule has 0 heterocycles. The predicted molar refractivity (Wildman–Crippen MR) is 436 cm³/mol. The fourth-order valence-corrected chi connectivity index (χ4v) is 11.9. The Labute approximate surface area is 642 Å². The number of carbonyl (C=O) groups excluding carboxylic acids is 4. The fourth-order valence-electron chi connectivity index (χ4n) is 10.3. The number of carbonyl (C=O) groups is 4. The number of ether oxygens (including phenoxy) is 4. The monoisotopic (exact) mass is 1520 g/mol. The number of esters is 4. The minimum atomic E-state index is -5.00. The van der Waals surface area contributed by atoms with Crippen LogP contribution in [0.4, 0.5) is 0 Å². The lowest BCUT2D eigenvalue weighted by Crippen LogP contribution is -2.30. The first-order chi connectivity index (χ1) is 51.7. The first-order valence-electron chi connectivity index (χ1n) is 40.7. The Bertz CT molecular complexity index is 2630. The van der Waals surface area contributed by atoms with Crippen LogP contribution in [0.25, 0.3) is 0 Å². The smallest absolute Gasteiger partial charge is 0.462 e. The molecule has 0 aromatic rings. The molecule has 3 N–H and O–H groups in total. The van der Waals surface area contributed by atoms with Gasteiger partial charge in [0, 0.05) is 25.7 Å². The molecule has 0 saturated heterocycles. The number of aliphatic hydroxyl groups is 1. The number of allylic oxidation sites excluding steroid dienone is 26. The van der Waals surface area contributed by atoms with Gasteiger partial charge in [-0.1, -0.05) is 276 Å². The number of hydrogen-bond donors (Lipinski definition) is 3. The van der Waals surface area contributed by atoms with Crippen LogP contribution in [0.5, 0.6) is 0 Å². The van der Waals surface area contributed by atoms with Crippen molar-refractivity contribution in [3.05, 3.63) is 158 Å². The standard InChI is InChI=1S/C87H144O17P2/c1-5-9-13-17-21-25-29-33-37-39-40-42-46-48-52-56-60-64-68-72-85(90)98-78-83(104-87(92)74-70-66-62-58-54-50-44-36-32-28-24-20-16-12-8-4)80-102-106(95,96)100-76-81(88)75-99-105(93,94)101-79-82(103-86(91)73-69-65-61-57-53-49-43-35-31-27-23-19-15-11-7-3)77-97-84(89)71-67-63-59-55-51-47-45-41-38-34-30-26-22-18-14-10-6-2/h9-10,13-14,21-28,33-38,40,42-45,47,55,59,81-83,88H,5-8,11-12,15-20,29-32,39,41,46,48-54,56-58,60-80H2,1-4H3,(H,93,94)(H,95,96)/b13-9-,14-10-,25-21-,26-22-,27-23-,28-24-,37-33-,38-34-,42-40-,43-35-,44-36-,47-45-,59-55-. The molecule has 0 fully saturated rings. The Morgan fingerprint density at radius 2 is 0.500 bits per heavy atom. The molecule has 0 aromatic heterocycles. The summed E-state index contributed by atoms with van der Waals surface area (Å²) >= 11 is 0. The maximum atomic E-state index is 13.1. The Balaban J connectivity index is 5.45. The van der Waals surface area contributed by atoms with E-state index in [2.05, 4.69) is 174 Å². The summed E-state index contributed by atoms with van der Waals surface area (Å²) in [6.45, 7) is 4.49. The van der Waals surface area contributed by atoms with Crippen LogP contribution in [-0.2, 0) is 65.4 Å². The third-order valence-electron chi connectivity index (χ3n) is 16.5. The Kier molecular flexibility index (Phi) is 73.9. The second-order valence-corrected chi connectivity index (χ2v) is 29.5. The highest BCUT2D eigenvalue weighted by Gasteiger charge is 2.30. The highest BCUT2D eigenvalue weighted by Crippen LogP contribution is 2.45. The molecule has 0 rings (SSSR count). The third kappa shape index (κ3) is 76.9. The first kappa shape index (κ1) is 101. The number of phosphoric acid groups is 2. The molecule has 0 spiro atoms. The Hall–Kier alpha value is -5.32. The van der Waals surface area contributed by atoms with E-state index < -0.39 is 97.5 Å². The van der Waals surface area contributed by atoms with Crippen LogP contribution >= 0.6 is 15.6 Å². The van der Waals surface area contributed by atoms with Gasteiger partial charge in [-0.05, 0) is 167 Å². The summed E-state index contributed by atoms with van der Waals surface area (Å²) in [5.41, 5.74) is 0. The molecule has 0 aromatic carbocycles. The second-order valence-electron chi connectivity index (χ2n) is 26.6. The molecule has 0 aliphatic rings. The lowest BCUT2D eigenvalue weighted by atomic mass is 10.1. The maximum Gasteiger partial charge on any atom is 0.472 e. The molecule has 17 nitrogen and oxygen atoms in total. The highest BCUT2D eigenvalue weighted by atomic mass is 31.2. The number of hydrogen-bond acceptors (Lipinski definition) is 15. The van der Waals surface area contributed by atoms with E-state index in [1.165, 1.54) is 38.5 Å². The third-order valence-corrected chi connectivity index (χ3v) is 18.4. The van der Waals surface area contributed by atoms with E-state index in [0.717, 1.165) is 186 Å². The van der Waals surface area contributed by atoms with Crippen LogP contribution in [-0.4, -0.2) is 96.7 Å². The molecular weight excluding hydrogens is 1380 g/mol. The number of aliphatic hydroxyl groups excluding tert-OH is 1. The van der Waals surface area contributed by atoms with Crippen LogP contribution in [0, 0.1) is 0 Å². The summed E-state index contributed by atoms with van der Waals surface area (Å²) in [7, 11) is -10.00. The van der Waals surface area contributed by atoms with Crippen molar-refractivity contribution >= 4 is 39.5 Å². The SMILES string of the molecule is CC/C=C\C/C=C\C/C=C\C/C=C\C/C=C\CCCC(=O)OCC(COP(=O)(O)OCC(O)COP(=O)(O)OCC(COC(=O)CCCCCCCC/C=C\C/C=C\C/C=C\C/C=C\CC)OC(=O)CCCCCCC/C=C\C/C=C\CCCCC)OC(=O)CCCCCCC/C=C\C/C=C\CCCCC. The Morgan fingerprint density at radius 1 is 0.274 bits per heavy atom. The average Bonchev–Trinajstić information content (AvgIpc) is 0.928. The van der Waals surface area contributed by atoms with Gasteiger partial charge in [-0.2, -0.15) is 0 Å². The number of phosphoric ester groups is 2. The molecule has 5 atom stereocenters. The topological polar surface area (TPSA) is 237 Å². The van der Waals surface area contributed by atoms with Crippen molar-refractivity contribution in [2.45, 2.75) is 329 Å². The van der Waals surface area contributed by atoms with Gasteiger partial charge in [0.15, 0.2) is 12.2 Å². The van der Waals surface area contributed by atoms with Crippen molar-refractivity contribution < 1.29 is 80.2 Å². The van der Waals surface area contributed by atoms with Crippen molar-refractivity contribution in [2.75, 3.05) is 39.6 Å². The van der Waals surface area contributed by atoms with E-state index >= 15 is 0 Å². The van der Waals surface area contributed by atoms with Gasteiger partial charge in [0.2, 0.25) is 0 Å². The van der Waals surface area contributed by atoms with Crippen LogP contribution < -0.4 is 0 Å². The number of rotatable bonds is 75. The molecule has 0 amide bonds. The highest BCUT2D eigenvalue weighted by molar-refractivity contribution is 7.47. The zero-order chi connectivity index (χ0) is 77.4. The van der Waals surface area contributed by atoms with Crippen LogP contribution in [0.2, 0.25) is 0 Å². The van der Waals surface area contributed by atoms with Gasteiger partial charge in [0.05, 0.1) is 26.4 Å². The zero-order valence-electron chi connectivity index (χ0n) is 66.1. The first-order valence-corrected chi connectivity index (χ1v) is 43.7. The second kappa shape index (κ2) is 77.8. The van der Waals surface area contributed by atoms with E-state index in [1.807, 2.05) is 12.2 Å². The molecule has 0 aliphatic heterocycles. The van der Waals surface area contributed by atoms with Gasteiger partial charge in [0.25, 0.3) is 0 Å². The van der Waals surface area contributed by atoms with Gasteiger partial charge >= 0.3 is 39.5 Å². The van der Waals surface area contributed by atoms with Crippen molar-refractivity contribution in [2.24, 2.45) is 0 Å². The largest absolute Gasteiger partial charge is 0.472 e. The summed E-state index contributed by atoms with van der Waals surface area (Å²) in [6, 6.07) is 0. The summed E-state index contributed by atoms with van der Waals surface area (Å²) in [5.74, 6) is -2.29. The van der Waals surface area contributed by atoms with Crippen molar-refractivity contribution in [3.8, 4) is 0 Å². The lowest BCUT2D eigenvalue weighted by molar-refractivity contribution is -0.161. The van der Waals surface area contributed by atoms with Gasteiger partial charge in [-0.15, -0.1) is 0 Å². The molecule has 5 unspecified atom stereocenters. The van der Waals surface area contributed by atoms with Crippen LogP contribution in [0.3, 0.4) is 0 Å². The van der Waals surface area contributed by atoms with Gasteiger partial charge in [-0.25, -0.2) is 9.13 Å². The summed E-state index contributed by atoms with van der Waals surface area (Å²) < 4.78 is 68.6. The maximum absolute atomic E-state index is 13.1. The molecule has 0 aliphatic carbocycles. The van der Waals surface area contributed by atoms with Crippen LogP contribution in [0.15, 0.2) is 158 Å². The minimum Gasteiger partial charge on any atom is -0.462 e. The number of unbranched alkanes of at least 4 members (excludes halogenated alkanes) is 23. The van der Waals surface area contributed by atoms with Crippen molar-refractivity contribution in [3.63, 3.8) is 0 Å². The minimum absolute atomic E-state index is 0.0617. The predicted octanol–water partition coefficient (Wildman–Crippen LogP) is 24.0. The van der Waals surface area contributed by atoms with E-state index in [0.29, 0.717) is 32.1 Å². The summed E-state index contributed by atoms with van der Waals surface area (Å²) in [4.78, 5) is 73.1. The van der Waals surface area contributed by atoms with E-state index in [9.17, 15) is 43.2 Å². The van der Waals surface area contributed by atoms with E-state index in [4.69, 9.17) is 37.0 Å². The molecule has 106 heavy (non-hydrogen) atoms. The van der Waals surface area contributed by atoms with Crippen molar-refractivity contribution in [1.29, 1.82) is 0 Å². The summed E-state index contributed by atoms with van der Waals surface area (Å²) in [5, 5.41) is 10.7. The molecule has 19 heteroatoms. The van der Waals surface area contributed by atoms with Crippen molar-refractivity contribution in [1.82, 2.24) is 0 Å². The molecular formula is C87H144O17P2. The van der Waals surface area contributed by atoms with Gasteiger partial charge in [0.1, 0.15) is 19.3 Å². The fraction of sp³-hybridized carbons (Fsp3) is 0.655. The molecule has 0 saturated carbocycles. The van der Waals surface area contributed by atoms with Gasteiger partial charge < -0.3 is 33.8 Å². The lowest BCUT2D eigenvalue weighted by Gasteiger charge is -2.21. The van der Waals surface area contributed by atoms with E-state index in [1.54, 1.807) is 0 Å². The average molecular weight is 1520 g/mol. The van der Waals surface area contributed by atoms with E-state index in [-0.39, 0.29) is 25.7 Å².